The maximum atomic E-state index is 8.97. The van der Waals surface area contributed by atoms with Crippen LogP contribution in [0.25, 0.3) is 0 Å². The van der Waals surface area contributed by atoms with E-state index in [4.69, 9.17) is 16.7 Å². The fraction of sp³-hybridized carbons (Fsp3) is 0.600. The Morgan fingerprint density at radius 1 is 1.47 bits per heavy atom. The summed E-state index contributed by atoms with van der Waals surface area (Å²) in [5, 5.41) is 9.40. The van der Waals surface area contributed by atoms with E-state index in [-0.39, 0.29) is 12.6 Å². The third-order valence-electron chi connectivity index (χ3n) is 2.05. The minimum atomic E-state index is 0.0961. The number of aliphatic hydroxyl groups excluding tert-OH is 1. The summed E-state index contributed by atoms with van der Waals surface area (Å²) in [4.78, 5) is 10.3. The zero-order valence-corrected chi connectivity index (χ0v) is 9.99. The summed E-state index contributed by atoms with van der Waals surface area (Å²) in [6, 6.07) is 1.98. The number of hydrogen-bond acceptors (Lipinski definition) is 4. The van der Waals surface area contributed by atoms with E-state index >= 15 is 0 Å². The Labute approximate surface area is 94.9 Å². The summed E-state index contributed by atoms with van der Waals surface area (Å²) < 4.78 is 0. The first kappa shape index (κ1) is 12.2. The average Bonchev–Trinajstić information content (AvgIpc) is 2.11. The van der Waals surface area contributed by atoms with Gasteiger partial charge in [-0.25, -0.2) is 9.97 Å². The predicted octanol–water partition coefficient (Wildman–Crippen LogP) is 1.65. The van der Waals surface area contributed by atoms with Gasteiger partial charge < -0.3 is 10.0 Å². The largest absolute Gasteiger partial charge is 0.395 e. The lowest BCUT2D eigenvalue weighted by Crippen LogP contribution is -2.34. The van der Waals surface area contributed by atoms with Crippen molar-refractivity contribution in [1.29, 1.82) is 0 Å². The van der Waals surface area contributed by atoms with E-state index < -0.39 is 0 Å². The van der Waals surface area contributed by atoms with Gasteiger partial charge in [-0.3, -0.25) is 0 Å². The zero-order chi connectivity index (χ0) is 11.4. The molecule has 0 aliphatic heterocycles. The molecule has 1 aromatic heterocycles. The van der Waals surface area contributed by atoms with E-state index in [1.807, 2.05) is 18.7 Å². The van der Waals surface area contributed by atoms with Crippen LogP contribution in [0, 0.1) is 6.92 Å². The summed E-state index contributed by atoms with van der Waals surface area (Å²) >= 11 is 5.86. The van der Waals surface area contributed by atoms with Crippen molar-refractivity contribution in [1.82, 2.24) is 9.97 Å². The van der Waals surface area contributed by atoms with E-state index in [0.717, 1.165) is 5.82 Å². The van der Waals surface area contributed by atoms with E-state index in [9.17, 15) is 0 Å². The summed E-state index contributed by atoms with van der Waals surface area (Å²) in [7, 11) is 0. The molecule has 0 atom stereocenters. The van der Waals surface area contributed by atoms with Crippen molar-refractivity contribution >= 4 is 17.4 Å². The molecule has 0 spiro atoms. The molecule has 0 saturated carbocycles. The fourth-order valence-corrected chi connectivity index (χ4v) is 1.63. The van der Waals surface area contributed by atoms with Crippen LogP contribution in [-0.4, -0.2) is 34.3 Å². The van der Waals surface area contributed by atoms with E-state index in [1.165, 1.54) is 0 Å². The van der Waals surface area contributed by atoms with Crippen molar-refractivity contribution in [3.05, 3.63) is 17.0 Å². The van der Waals surface area contributed by atoms with Crippen LogP contribution in [0.1, 0.15) is 19.7 Å². The van der Waals surface area contributed by atoms with Crippen molar-refractivity contribution in [2.45, 2.75) is 26.8 Å². The van der Waals surface area contributed by atoms with Crippen LogP contribution < -0.4 is 4.90 Å². The molecule has 0 aliphatic rings. The summed E-state index contributed by atoms with van der Waals surface area (Å²) in [5.74, 6) is 1.40. The van der Waals surface area contributed by atoms with Gasteiger partial charge in [-0.1, -0.05) is 11.6 Å². The molecule has 1 rings (SSSR count). The Hall–Kier alpha value is -0.870. The lowest BCUT2D eigenvalue weighted by Gasteiger charge is -2.27. The molecule has 0 aromatic carbocycles. The number of aromatic nitrogens is 2. The van der Waals surface area contributed by atoms with Crippen molar-refractivity contribution in [2.75, 3.05) is 18.1 Å². The molecule has 15 heavy (non-hydrogen) atoms. The highest BCUT2D eigenvalue weighted by atomic mass is 35.5. The highest BCUT2D eigenvalue weighted by Crippen LogP contribution is 2.17. The quantitative estimate of drug-likeness (QED) is 0.798. The number of rotatable bonds is 4. The van der Waals surface area contributed by atoms with Crippen molar-refractivity contribution in [2.24, 2.45) is 0 Å². The van der Waals surface area contributed by atoms with Gasteiger partial charge >= 0.3 is 0 Å². The van der Waals surface area contributed by atoms with Gasteiger partial charge in [0.25, 0.3) is 0 Å². The predicted molar refractivity (Wildman–Crippen MR) is 61.3 cm³/mol. The molecular formula is C10H16ClN3O. The minimum absolute atomic E-state index is 0.0961. The molecule has 4 nitrogen and oxygen atoms in total. The lowest BCUT2D eigenvalue weighted by molar-refractivity contribution is 0.298. The van der Waals surface area contributed by atoms with Gasteiger partial charge in [0.05, 0.1) is 6.61 Å². The maximum absolute atomic E-state index is 8.97. The van der Waals surface area contributed by atoms with E-state index in [2.05, 4.69) is 9.97 Å². The molecule has 1 heterocycles. The van der Waals surface area contributed by atoms with Crippen LogP contribution in [0.5, 0.6) is 0 Å². The standard InChI is InChI=1S/C10H16ClN3O/c1-7(2)14(4-5-15)10-6-9(11)12-8(3)13-10/h6-7,15H,4-5H2,1-3H3. The second-order valence-electron chi connectivity index (χ2n) is 3.61. The van der Waals surface area contributed by atoms with Crippen LogP contribution in [0.3, 0.4) is 0 Å². The number of hydrogen-bond donors (Lipinski definition) is 1. The average molecular weight is 230 g/mol. The van der Waals surface area contributed by atoms with Crippen molar-refractivity contribution in [3.63, 3.8) is 0 Å². The molecule has 84 valence electrons. The lowest BCUT2D eigenvalue weighted by atomic mass is 10.3. The highest BCUT2D eigenvalue weighted by Gasteiger charge is 2.12. The van der Waals surface area contributed by atoms with Gasteiger partial charge in [0.2, 0.25) is 0 Å². The van der Waals surface area contributed by atoms with Crippen LogP contribution in [-0.2, 0) is 0 Å². The van der Waals surface area contributed by atoms with Gasteiger partial charge in [0.15, 0.2) is 0 Å². The molecule has 0 radical (unpaired) electrons. The normalized spacial score (nSPS) is 10.8. The zero-order valence-electron chi connectivity index (χ0n) is 9.24. The Morgan fingerprint density at radius 2 is 2.13 bits per heavy atom. The molecule has 0 aliphatic carbocycles. The second kappa shape index (κ2) is 5.28. The number of aryl methyl sites for hydroxylation is 1. The molecule has 0 amide bonds. The molecule has 1 N–H and O–H groups in total. The molecule has 0 bridgehead atoms. The van der Waals surface area contributed by atoms with Crippen LogP contribution in [0.4, 0.5) is 5.82 Å². The maximum Gasteiger partial charge on any atom is 0.134 e. The monoisotopic (exact) mass is 229 g/mol. The minimum Gasteiger partial charge on any atom is -0.395 e. The van der Waals surface area contributed by atoms with Crippen molar-refractivity contribution in [3.8, 4) is 0 Å². The molecule has 0 saturated heterocycles. The number of aliphatic hydroxyl groups is 1. The van der Waals surface area contributed by atoms with Gasteiger partial charge in [0, 0.05) is 18.7 Å². The number of nitrogens with zero attached hydrogens (tertiary/aromatic N) is 3. The Bertz CT molecular complexity index is 310. The Kier molecular flexibility index (Phi) is 4.29. The van der Waals surface area contributed by atoms with E-state index in [1.54, 1.807) is 13.0 Å². The third-order valence-corrected chi connectivity index (χ3v) is 2.25. The van der Waals surface area contributed by atoms with Gasteiger partial charge in [-0.2, -0.15) is 0 Å². The number of halogens is 1. The van der Waals surface area contributed by atoms with Crippen molar-refractivity contribution < 1.29 is 5.11 Å². The van der Waals surface area contributed by atoms with E-state index in [0.29, 0.717) is 17.5 Å². The SMILES string of the molecule is Cc1nc(Cl)cc(N(CCO)C(C)C)n1. The smallest absolute Gasteiger partial charge is 0.134 e. The van der Waals surface area contributed by atoms with Gasteiger partial charge in [0.1, 0.15) is 16.8 Å². The fourth-order valence-electron chi connectivity index (χ4n) is 1.41. The van der Waals surface area contributed by atoms with Crippen LogP contribution in [0.15, 0.2) is 6.07 Å². The highest BCUT2D eigenvalue weighted by molar-refractivity contribution is 6.29. The first-order valence-corrected chi connectivity index (χ1v) is 5.31. The first-order valence-electron chi connectivity index (χ1n) is 4.93. The molecule has 5 heteroatoms. The molecule has 0 unspecified atom stereocenters. The summed E-state index contributed by atoms with van der Waals surface area (Å²) in [5.41, 5.74) is 0. The second-order valence-corrected chi connectivity index (χ2v) is 3.99. The summed E-state index contributed by atoms with van der Waals surface area (Å²) in [6.07, 6.45) is 0. The third kappa shape index (κ3) is 3.32. The van der Waals surface area contributed by atoms with Gasteiger partial charge in [-0.15, -0.1) is 0 Å². The van der Waals surface area contributed by atoms with Gasteiger partial charge in [-0.05, 0) is 20.8 Å². The topological polar surface area (TPSA) is 49.2 Å². The molecule has 0 fully saturated rings. The molecular weight excluding hydrogens is 214 g/mol. The Morgan fingerprint density at radius 3 is 2.60 bits per heavy atom. The first-order chi connectivity index (χ1) is 7.04. The summed E-state index contributed by atoms with van der Waals surface area (Å²) in [6.45, 7) is 6.53. The Balaban J connectivity index is 2.99. The number of anilines is 1. The molecule has 1 aromatic rings. The van der Waals surface area contributed by atoms with Crippen LogP contribution in [0.2, 0.25) is 5.15 Å². The van der Waals surface area contributed by atoms with Crippen LogP contribution >= 0.6 is 11.6 Å².